The van der Waals surface area contributed by atoms with E-state index in [-0.39, 0.29) is 12.5 Å². The predicted octanol–water partition coefficient (Wildman–Crippen LogP) is 2.89. The summed E-state index contributed by atoms with van der Waals surface area (Å²) >= 11 is 0. The normalized spacial score (nSPS) is 16.8. The van der Waals surface area contributed by atoms with Gasteiger partial charge < -0.3 is 14.8 Å². The summed E-state index contributed by atoms with van der Waals surface area (Å²) in [6, 6.07) is 6.86. The molecule has 9 nitrogen and oxygen atoms in total. The monoisotopic (exact) mass is 415 g/mol. The molecule has 0 spiro atoms. The van der Waals surface area contributed by atoms with Crippen LogP contribution in [0, 0.1) is 0 Å². The van der Waals surface area contributed by atoms with Crippen LogP contribution in [0.3, 0.4) is 0 Å². The Morgan fingerprint density at radius 2 is 1.97 bits per heavy atom. The molecule has 0 aliphatic carbocycles. The number of benzene rings is 1. The van der Waals surface area contributed by atoms with Gasteiger partial charge in [-0.2, -0.15) is 5.10 Å². The van der Waals surface area contributed by atoms with E-state index < -0.39 is 17.7 Å². The first-order chi connectivity index (χ1) is 14.3. The van der Waals surface area contributed by atoms with Gasteiger partial charge in [0.25, 0.3) is 0 Å². The number of aromatic nitrogens is 3. The second kappa shape index (κ2) is 9.15. The predicted molar refractivity (Wildman–Crippen MR) is 111 cm³/mol. The number of ether oxygens (including phenoxy) is 2. The van der Waals surface area contributed by atoms with E-state index in [1.807, 2.05) is 45.0 Å². The molecular weight excluding hydrogens is 386 g/mol. The summed E-state index contributed by atoms with van der Waals surface area (Å²) in [5.74, 6) is 1.61. The standard InChI is InChI=1S/C21H29N5O4/c1-21(2,3)30-20(28)26-12-6-5-7-16(26)19(27)22-13-17-23-18(25-24-17)14-8-10-15(29-4)11-9-14/h8-11,16H,5-7,12-13H2,1-4H3,(H,22,27)(H,23,24,25). The molecule has 2 amide bonds. The second-order valence-corrected chi connectivity index (χ2v) is 8.24. The summed E-state index contributed by atoms with van der Waals surface area (Å²) in [5, 5.41) is 9.90. The van der Waals surface area contributed by atoms with Crippen LogP contribution in [0.5, 0.6) is 5.75 Å². The van der Waals surface area contributed by atoms with E-state index in [4.69, 9.17) is 9.47 Å². The van der Waals surface area contributed by atoms with Gasteiger partial charge in [0.05, 0.1) is 13.7 Å². The number of hydrogen-bond donors (Lipinski definition) is 2. The van der Waals surface area contributed by atoms with Crippen LogP contribution in [-0.2, 0) is 16.1 Å². The van der Waals surface area contributed by atoms with Crippen LogP contribution < -0.4 is 10.1 Å². The highest BCUT2D eigenvalue weighted by Gasteiger charge is 2.34. The van der Waals surface area contributed by atoms with Crippen LogP contribution in [0.2, 0.25) is 0 Å². The summed E-state index contributed by atoms with van der Waals surface area (Å²) in [5.41, 5.74) is 0.237. The molecule has 1 aliphatic rings. The van der Waals surface area contributed by atoms with E-state index in [1.54, 1.807) is 7.11 Å². The maximum Gasteiger partial charge on any atom is 0.410 e. The van der Waals surface area contributed by atoms with E-state index in [0.717, 1.165) is 24.2 Å². The van der Waals surface area contributed by atoms with Gasteiger partial charge in [-0.3, -0.25) is 14.8 Å². The van der Waals surface area contributed by atoms with E-state index in [2.05, 4.69) is 20.5 Å². The lowest BCUT2D eigenvalue weighted by atomic mass is 10.0. The Hall–Kier alpha value is -3.10. The van der Waals surface area contributed by atoms with E-state index in [1.165, 1.54) is 4.90 Å². The van der Waals surface area contributed by atoms with Crippen molar-refractivity contribution < 1.29 is 19.1 Å². The van der Waals surface area contributed by atoms with Crippen LogP contribution in [0.15, 0.2) is 24.3 Å². The highest BCUT2D eigenvalue weighted by molar-refractivity contribution is 5.85. The van der Waals surface area contributed by atoms with Gasteiger partial charge in [-0.1, -0.05) is 0 Å². The zero-order chi connectivity index (χ0) is 21.7. The van der Waals surface area contributed by atoms with Gasteiger partial charge in [-0.15, -0.1) is 0 Å². The molecule has 1 atom stereocenters. The number of methoxy groups -OCH3 is 1. The Kier molecular flexibility index (Phi) is 6.59. The van der Waals surface area contributed by atoms with E-state index in [0.29, 0.717) is 24.6 Å². The summed E-state index contributed by atoms with van der Waals surface area (Å²) in [7, 11) is 1.61. The number of amides is 2. The van der Waals surface area contributed by atoms with Crippen LogP contribution >= 0.6 is 0 Å². The maximum absolute atomic E-state index is 12.8. The van der Waals surface area contributed by atoms with Crippen molar-refractivity contribution in [2.45, 2.75) is 58.2 Å². The molecule has 0 radical (unpaired) electrons. The average molecular weight is 415 g/mol. The van der Waals surface area contributed by atoms with Crippen LogP contribution in [0.1, 0.15) is 45.9 Å². The van der Waals surface area contributed by atoms with Crippen molar-refractivity contribution >= 4 is 12.0 Å². The van der Waals surface area contributed by atoms with E-state index in [9.17, 15) is 9.59 Å². The topological polar surface area (TPSA) is 109 Å². The molecule has 0 bridgehead atoms. The SMILES string of the molecule is COc1ccc(-c2n[nH]c(CNC(=O)C3CCCCN3C(=O)OC(C)(C)C)n2)cc1. The molecule has 1 fully saturated rings. The Balaban J connectivity index is 1.60. The number of rotatable bonds is 5. The molecule has 1 saturated heterocycles. The molecule has 1 aliphatic heterocycles. The molecule has 2 aromatic rings. The van der Waals surface area contributed by atoms with Gasteiger partial charge in [0, 0.05) is 12.1 Å². The quantitative estimate of drug-likeness (QED) is 0.777. The Labute approximate surface area is 176 Å². The lowest BCUT2D eigenvalue weighted by Gasteiger charge is -2.35. The largest absolute Gasteiger partial charge is 0.497 e. The maximum atomic E-state index is 12.8. The zero-order valence-electron chi connectivity index (χ0n) is 17.9. The molecule has 30 heavy (non-hydrogen) atoms. The summed E-state index contributed by atoms with van der Waals surface area (Å²) < 4.78 is 10.6. The van der Waals surface area contributed by atoms with Gasteiger partial charge >= 0.3 is 6.09 Å². The fourth-order valence-electron chi connectivity index (χ4n) is 3.28. The van der Waals surface area contributed by atoms with E-state index >= 15 is 0 Å². The number of aromatic amines is 1. The second-order valence-electron chi connectivity index (χ2n) is 8.24. The first kappa shape index (κ1) is 21.6. The Morgan fingerprint density at radius 3 is 2.63 bits per heavy atom. The fraction of sp³-hybridized carbons (Fsp3) is 0.524. The molecule has 162 valence electrons. The highest BCUT2D eigenvalue weighted by atomic mass is 16.6. The van der Waals surface area contributed by atoms with Crippen molar-refractivity contribution in [1.29, 1.82) is 0 Å². The van der Waals surface area contributed by atoms with Crippen LogP contribution in [0.4, 0.5) is 4.79 Å². The van der Waals surface area contributed by atoms with Crippen molar-refractivity contribution in [3.63, 3.8) is 0 Å². The third-order valence-corrected chi connectivity index (χ3v) is 4.74. The molecule has 9 heteroatoms. The Bertz CT molecular complexity index is 872. The minimum absolute atomic E-state index is 0.195. The third kappa shape index (κ3) is 5.49. The minimum atomic E-state index is -0.604. The molecule has 1 aromatic heterocycles. The number of piperidine rings is 1. The van der Waals surface area contributed by atoms with Crippen molar-refractivity contribution in [2.75, 3.05) is 13.7 Å². The third-order valence-electron chi connectivity index (χ3n) is 4.74. The highest BCUT2D eigenvalue weighted by Crippen LogP contribution is 2.21. The first-order valence-electron chi connectivity index (χ1n) is 10.1. The number of likely N-dealkylation sites (tertiary alicyclic amines) is 1. The van der Waals surface area contributed by atoms with Gasteiger partial charge in [0.2, 0.25) is 5.91 Å². The molecule has 2 N–H and O–H groups in total. The zero-order valence-corrected chi connectivity index (χ0v) is 17.9. The molecule has 0 saturated carbocycles. The number of nitrogens with one attached hydrogen (secondary N) is 2. The number of hydrogen-bond acceptors (Lipinski definition) is 6. The number of nitrogens with zero attached hydrogens (tertiary/aromatic N) is 3. The average Bonchev–Trinajstić information content (AvgIpc) is 3.20. The van der Waals surface area contributed by atoms with Crippen LogP contribution in [0.25, 0.3) is 11.4 Å². The van der Waals surface area contributed by atoms with Crippen LogP contribution in [-0.4, -0.2) is 57.4 Å². The summed E-state index contributed by atoms with van der Waals surface area (Å²) in [6.07, 6.45) is 1.90. The van der Waals surface area contributed by atoms with Gasteiger partial charge in [0.1, 0.15) is 23.2 Å². The lowest BCUT2D eigenvalue weighted by molar-refractivity contribution is -0.127. The lowest BCUT2D eigenvalue weighted by Crippen LogP contribution is -2.53. The number of carbonyl (C=O) groups excluding carboxylic acids is 2. The van der Waals surface area contributed by atoms with Crippen molar-refractivity contribution in [3.05, 3.63) is 30.1 Å². The fourth-order valence-corrected chi connectivity index (χ4v) is 3.28. The molecule has 2 heterocycles. The molecule has 1 aromatic carbocycles. The molecule has 3 rings (SSSR count). The van der Waals surface area contributed by atoms with Gasteiger partial charge in [-0.25, -0.2) is 9.78 Å². The van der Waals surface area contributed by atoms with Gasteiger partial charge in [-0.05, 0) is 64.3 Å². The molecule has 1 unspecified atom stereocenters. The Morgan fingerprint density at radius 1 is 1.23 bits per heavy atom. The van der Waals surface area contributed by atoms with Gasteiger partial charge in [0.15, 0.2) is 5.82 Å². The number of carbonyl (C=O) groups is 2. The van der Waals surface area contributed by atoms with Crippen molar-refractivity contribution in [1.82, 2.24) is 25.4 Å². The minimum Gasteiger partial charge on any atom is -0.497 e. The molecular formula is C21H29N5O4. The summed E-state index contributed by atoms with van der Waals surface area (Å²) in [4.78, 5) is 31.2. The van der Waals surface area contributed by atoms with Crippen molar-refractivity contribution in [3.8, 4) is 17.1 Å². The number of H-pyrrole nitrogens is 1. The smallest absolute Gasteiger partial charge is 0.410 e. The first-order valence-corrected chi connectivity index (χ1v) is 10.1. The van der Waals surface area contributed by atoms with Crippen molar-refractivity contribution in [2.24, 2.45) is 0 Å². The summed E-state index contributed by atoms with van der Waals surface area (Å²) in [6.45, 7) is 6.15.